The molecule has 0 bridgehead atoms. The first kappa shape index (κ1) is 26.9. The molecule has 1 aliphatic rings. The summed E-state index contributed by atoms with van der Waals surface area (Å²) < 4.78 is 7.31. The van der Waals surface area contributed by atoms with Gasteiger partial charge in [0.15, 0.2) is 0 Å². The normalized spacial score (nSPS) is 19.7. The topological polar surface area (TPSA) is 78.2 Å². The third-order valence-corrected chi connectivity index (χ3v) is 7.39. The number of aliphatic hydroxyl groups is 2. The largest absolute Gasteiger partial charge is 0.466 e. The van der Waals surface area contributed by atoms with E-state index in [2.05, 4.69) is 33.7 Å². The number of aliphatic hydroxyl groups excluding tert-OH is 2. The minimum absolute atomic E-state index is 0.219. The number of ether oxygens (including phenoxy) is 1. The van der Waals surface area contributed by atoms with Gasteiger partial charge in [-0.1, -0.05) is 48.5 Å². The standard InChI is InChI=1S/C30H39N3O4/c1-20(34)24-18-32(4)19-26(30(36)37-5)23(24)15-28(35)29-25(17-31(2)3)22-13-9-10-14-27(22)33(29)16-21-11-7-6-8-12-21/h6-14,19-20,23-24,28,34-35H,15-18H2,1-5H3/t20?,23-,24+,28?/m0/s1. The van der Waals surface area contributed by atoms with E-state index in [1.165, 1.54) is 7.11 Å². The lowest BCUT2D eigenvalue weighted by Crippen LogP contribution is -2.42. The number of esters is 1. The monoisotopic (exact) mass is 505 g/mol. The molecule has 0 aliphatic carbocycles. The van der Waals surface area contributed by atoms with Crippen LogP contribution in [0.2, 0.25) is 0 Å². The molecule has 7 nitrogen and oxygen atoms in total. The average molecular weight is 506 g/mol. The van der Waals surface area contributed by atoms with Crippen LogP contribution in [0.4, 0.5) is 0 Å². The predicted molar refractivity (Wildman–Crippen MR) is 146 cm³/mol. The number of hydrogen-bond acceptors (Lipinski definition) is 6. The molecule has 37 heavy (non-hydrogen) atoms. The second-order valence-corrected chi connectivity index (χ2v) is 10.5. The fraction of sp³-hybridized carbons (Fsp3) is 0.433. The van der Waals surface area contributed by atoms with Crippen LogP contribution in [0.25, 0.3) is 10.9 Å². The molecule has 0 radical (unpaired) electrons. The van der Waals surface area contributed by atoms with Crippen molar-refractivity contribution >= 4 is 16.9 Å². The summed E-state index contributed by atoms with van der Waals surface area (Å²) in [5.41, 5.74) is 4.63. The first-order chi connectivity index (χ1) is 17.7. The highest BCUT2D eigenvalue weighted by atomic mass is 16.5. The lowest BCUT2D eigenvalue weighted by molar-refractivity contribution is -0.137. The Morgan fingerprint density at radius 3 is 2.43 bits per heavy atom. The molecular formula is C30H39N3O4. The Hall–Kier alpha value is -3.13. The minimum Gasteiger partial charge on any atom is -0.466 e. The molecule has 0 amide bonds. The fourth-order valence-electron chi connectivity index (χ4n) is 5.74. The summed E-state index contributed by atoms with van der Waals surface area (Å²) in [7, 11) is 7.31. The van der Waals surface area contributed by atoms with E-state index in [4.69, 9.17) is 4.74 Å². The molecule has 4 atom stereocenters. The highest BCUT2D eigenvalue weighted by Crippen LogP contribution is 2.40. The van der Waals surface area contributed by atoms with Crippen LogP contribution in [0.5, 0.6) is 0 Å². The Kier molecular flexibility index (Phi) is 8.37. The van der Waals surface area contributed by atoms with Gasteiger partial charge in [-0.2, -0.15) is 0 Å². The molecule has 0 fully saturated rings. The number of fused-ring (bicyclic) bond motifs is 1. The van der Waals surface area contributed by atoms with Gasteiger partial charge in [0.1, 0.15) is 0 Å². The van der Waals surface area contributed by atoms with Gasteiger partial charge in [-0.05, 0) is 44.6 Å². The molecule has 2 aromatic carbocycles. The van der Waals surface area contributed by atoms with Gasteiger partial charge in [-0.25, -0.2) is 4.79 Å². The number of carbonyl (C=O) groups excluding carboxylic acids is 1. The number of hydrogen-bond donors (Lipinski definition) is 2. The molecule has 198 valence electrons. The molecule has 0 saturated heterocycles. The van der Waals surface area contributed by atoms with Crippen LogP contribution in [-0.2, 0) is 22.6 Å². The van der Waals surface area contributed by atoms with Crippen LogP contribution >= 0.6 is 0 Å². The van der Waals surface area contributed by atoms with Crippen molar-refractivity contribution in [2.75, 3.05) is 34.8 Å². The number of para-hydroxylation sites is 1. The van der Waals surface area contributed by atoms with Crippen molar-refractivity contribution < 1.29 is 19.7 Å². The Morgan fingerprint density at radius 2 is 1.78 bits per heavy atom. The third-order valence-electron chi connectivity index (χ3n) is 7.39. The SMILES string of the molecule is COC(=O)C1=CN(C)C[C@H](C(C)O)[C@@H]1CC(O)c1c(CN(C)C)c2ccccc2n1Cc1ccccc1. The molecule has 2 N–H and O–H groups in total. The molecular weight excluding hydrogens is 466 g/mol. The zero-order chi connectivity index (χ0) is 26.7. The van der Waals surface area contributed by atoms with E-state index in [-0.39, 0.29) is 11.8 Å². The molecule has 0 spiro atoms. The van der Waals surface area contributed by atoms with E-state index in [1.54, 1.807) is 13.1 Å². The lowest BCUT2D eigenvalue weighted by atomic mass is 9.76. The van der Waals surface area contributed by atoms with E-state index in [0.717, 1.165) is 27.7 Å². The molecule has 1 aromatic heterocycles. The van der Waals surface area contributed by atoms with E-state index in [0.29, 0.717) is 31.6 Å². The summed E-state index contributed by atoms with van der Waals surface area (Å²) in [5.74, 6) is -0.996. The zero-order valence-corrected chi connectivity index (χ0v) is 22.5. The predicted octanol–water partition coefficient (Wildman–Crippen LogP) is 3.79. The quantitative estimate of drug-likeness (QED) is 0.431. The Morgan fingerprint density at radius 1 is 1.11 bits per heavy atom. The Bertz CT molecular complexity index is 1250. The average Bonchev–Trinajstić information content (AvgIpc) is 3.17. The van der Waals surface area contributed by atoms with Crippen molar-refractivity contribution in [2.45, 2.75) is 38.6 Å². The van der Waals surface area contributed by atoms with Gasteiger partial charge in [0.2, 0.25) is 0 Å². The summed E-state index contributed by atoms with van der Waals surface area (Å²) in [5, 5.41) is 23.7. The Labute approximate surface area is 219 Å². The minimum atomic E-state index is -0.853. The van der Waals surface area contributed by atoms with Crippen molar-refractivity contribution in [3.63, 3.8) is 0 Å². The smallest absolute Gasteiger partial charge is 0.335 e. The Balaban J connectivity index is 1.83. The number of rotatable bonds is 9. The molecule has 2 unspecified atom stereocenters. The number of nitrogens with zero attached hydrogens (tertiary/aromatic N) is 3. The number of benzene rings is 2. The van der Waals surface area contributed by atoms with Crippen LogP contribution < -0.4 is 0 Å². The third kappa shape index (κ3) is 5.74. The summed E-state index contributed by atoms with van der Waals surface area (Å²) in [6.45, 7) is 3.63. The van der Waals surface area contributed by atoms with Crippen LogP contribution in [0, 0.1) is 11.8 Å². The number of methoxy groups -OCH3 is 1. The van der Waals surface area contributed by atoms with E-state index in [9.17, 15) is 15.0 Å². The van der Waals surface area contributed by atoms with E-state index in [1.807, 2.05) is 56.4 Å². The second-order valence-electron chi connectivity index (χ2n) is 10.5. The molecule has 3 aromatic rings. The maximum atomic E-state index is 12.8. The zero-order valence-electron chi connectivity index (χ0n) is 22.5. The van der Waals surface area contributed by atoms with Gasteiger partial charge in [-0.15, -0.1) is 0 Å². The highest BCUT2D eigenvalue weighted by Gasteiger charge is 2.39. The van der Waals surface area contributed by atoms with Crippen molar-refractivity contribution in [1.29, 1.82) is 0 Å². The van der Waals surface area contributed by atoms with Crippen molar-refractivity contribution in [3.8, 4) is 0 Å². The number of aromatic nitrogens is 1. The number of carbonyl (C=O) groups is 1. The van der Waals surface area contributed by atoms with E-state index >= 15 is 0 Å². The summed E-state index contributed by atoms with van der Waals surface area (Å²) in [6, 6.07) is 18.5. The fourth-order valence-corrected chi connectivity index (χ4v) is 5.74. The first-order valence-electron chi connectivity index (χ1n) is 12.9. The molecule has 7 heteroatoms. The van der Waals surface area contributed by atoms with E-state index < -0.39 is 18.2 Å². The van der Waals surface area contributed by atoms with Gasteiger partial charge in [0, 0.05) is 55.6 Å². The van der Waals surface area contributed by atoms with Gasteiger partial charge in [-0.3, -0.25) is 0 Å². The van der Waals surface area contributed by atoms with Gasteiger partial charge in [0.05, 0.1) is 30.6 Å². The summed E-state index contributed by atoms with van der Waals surface area (Å²) in [6.07, 6.45) is 0.594. The molecule has 1 aliphatic heterocycles. The maximum absolute atomic E-state index is 12.8. The van der Waals surface area contributed by atoms with Crippen LogP contribution in [0.15, 0.2) is 66.4 Å². The summed E-state index contributed by atoms with van der Waals surface area (Å²) in [4.78, 5) is 16.8. The van der Waals surface area contributed by atoms with Crippen LogP contribution in [0.3, 0.4) is 0 Å². The maximum Gasteiger partial charge on any atom is 0.335 e. The molecule has 0 saturated carbocycles. The molecule has 4 rings (SSSR count). The summed E-state index contributed by atoms with van der Waals surface area (Å²) >= 11 is 0. The lowest BCUT2D eigenvalue weighted by Gasteiger charge is -2.39. The first-order valence-corrected chi connectivity index (χ1v) is 12.9. The second kappa shape index (κ2) is 11.5. The molecule has 2 heterocycles. The van der Waals surface area contributed by atoms with Gasteiger partial charge < -0.3 is 29.3 Å². The van der Waals surface area contributed by atoms with Crippen molar-refractivity contribution in [1.82, 2.24) is 14.4 Å². The van der Waals surface area contributed by atoms with Crippen molar-refractivity contribution in [2.24, 2.45) is 11.8 Å². The van der Waals surface area contributed by atoms with Crippen molar-refractivity contribution in [3.05, 3.63) is 83.2 Å². The van der Waals surface area contributed by atoms with Gasteiger partial charge >= 0.3 is 5.97 Å². The van der Waals surface area contributed by atoms with Crippen LogP contribution in [0.1, 0.15) is 36.3 Å². The van der Waals surface area contributed by atoms with Gasteiger partial charge in [0.25, 0.3) is 0 Å². The highest BCUT2D eigenvalue weighted by molar-refractivity contribution is 5.89. The van der Waals surface area contributed by atoms with Crippen LogP contribution in [-0.4, -0.2) is 71.5 Å².